The number of hydrogen-bond acceptors (Lipinski definition) is 2. The Kier molecular flexibility index (Phi) is 2.92. The summed E-state index contributed by atoms with van der Waals surface area (Å²) < 4.78 is 0. The van der Waals surface area contributed by atoms with E-state index in [9.17, 15) is 4.79 Å². The molecule has 1 heterocycles. The van der Waals surface area contributed by atoms with Crippen molar-refractivity contribution in [3.63, 3.8) is 0 Å². The monoisotopic (exact) mass is 215 g/mol. The van der Waals surface area contributed by atoms with Gasteiger partial charge < -0.3 is 0 Å². The van der Waals surface area contributed by atoms with E-state index in [-0.39, 0.29) is 11.3 Å². The fraction of sp³-hybridized carbons (Fsp3) is 0.357. The molecule has 2 rings (SSSR count). The Hall–Kier alpha value is -1.41. The number of rotatable bonds is 2. The molecule has 0 N–H and O–H groups in total. The van der Waals surface area contributed by atoms with Crippen LogP contribution in [0.5, 0.6) is 0 Å². The molecule has 0 amide bonds. The second kappa shape index (κ2) is 4.22. The van der Waals surface area contributed by atoms with Crippen LogP contribution >= 0.6 is 0 Å². The molecule has 0 aliphatic carbocycles. The van der Waals surface area contributed by atoms with Crippen LogP contribution in [-0.4, -0.2) is 22.8 Å². The first kappa shape index (κ1) is 11.1. The largest absolute Gasteiger partial charge is 0.293 e. The molecular weight excluding hydrogens is 198 g/mol. The summed E-state index contributed by atoms with van der Waals surface area (Å²) in [5.41, 5.74) is 1.21. The van der Waals surface area contributed by atoms with Crippen LogP contribution in [0.4, 0.5) is 0 Å². The van der Waals surface area contributed by atoms with Crippen LogP contribution in [0.15, 0.2) is 42.5 Å². The molecule has 0 unspecified atom stereocenters. The summed E-state index contributed by atoms with van der Waals surface area (Å²) in [5, 5.41) is 0. The maximum atomic E-state index is 11.4. The van der Waals surface area contributed by atoms with E-state index in [1.165, 1.54) is 5.56 Å². The molecule has 0 atom stereocenters. The van der Waals surface area contributed by atoms with Crippen molar-refractivity contribution in [3.05, 3.63) is 48.0 Å². The lowest BCUT2D eigenvalue weighted by molar-refractivity contribution is -0.117. The summed E-state index contributed by atoms with van der Waals surface area (Å²) in [7, 11) is 0. The van der Waals surface area contributed by atoms with Gasteiger partial charge in [0.25, 0.3) is 0 Å². The van der Waals surface area contributed by atoms with Crippen LogP contribution in [0.3, 0.4) is 0 Å². The van der Waals surface area contributed by atoms with Crippen LogP contribution in [0.2, 0.25) is 0 Å². The van der Waals surface area contributed by atoms with Gasteiger partial charge in [0, 0.05) is 12.1 Å². The maximum Gasteiger partial charge on any atom is 0.169 e. The molecule has 0 spiro atoms. The summed E-state index contributed by atoms with van der Waals surface area (Å²) in [6.07, 6.45) is 3.68. The van der Waals surface area contributed by atoms with E-state index in [2.05, 4.69) is 30.9 Å². The average molecular weight is 215 g/mol. The van der Waals surface area contributed by atoms with Gasteiger partial charge in [-0.15, -0.1) is 0 Å². The van der Waals surface area contributed by atoms with E-state index in [1.54, 1.807) is 6.08 Å². The molecule has 0 radical (unpaired) electrons. The standard InChI is InChI=1S/C14H17NO/c1-14(2)9-8-13(16)11-15(14)10-12-6-4-3-5-7-12/h3-9H,10-11H2,1-2H3. The van der Waals surface area contributed by atoms with E-state index < -0.39 is 0 Å². The van der Waals surface area contributed by atoms with Crippen molar-refractivity contribution in [2.24, 2.45) is 0 Å². The summed E-state index contributed by atoms with van der Waals surface area (Å²) >= 11 is 0. The number of nitrogens with zero attached hydrogens (tertiary/aromatic N) is 1. The Balaban J connectivity index is 2.16. The molecule has 0 bridgehead atoms. The summed E-state index contributed by atoms with van der Waals surface area (Å²) in [5.74, 6) is 0.190. The van der Waals surface area contributed by atoms with Crippen molar-refractivity contribution in [1.82, 2.24) is 4.90 Å². The maximum absolute atomic E-state index is 11.4. The first-order valence-electron chi connectivity index (χ1n) is 5.59. The van der Waals surface area contributed by atoms with Crippen molar-refractivity contribution in [2.45, 2.75) is 25.9 Å². The SMILES string of the molecule is CC1(C)C=CC(=O)CN1Cc1ccccc1. The smallest absolute Gasteiger partial charge is 0.169 e. The van der Waals surface area contributed by atoms with Crippen LogP contribution in [0.1, 0.15) is 19.4 Å². The van der Waals surface area contributed by atoms with Gasteiger partial charge in [0.2, 0.25) is 0 Å². The summed E-state index contributed by atoms with van der Waals surface area (Å²) in [4.78, 5) is 13.6. The molecule has 2 heteroatoms. The van der Waals surface area contributed by atoms with Gasteiger partial charge in [0.1, 0.15) is 0 Å². The zero-order valence-electron chi connectivity index (χ0n) is 9.81. The van der Waals surface area contributed by atoms with Crippen LogP contribution in [0, 0.1) is 0 Å². The highest BCUT2D eigenvalue weighted by Crippen LogP contribution is 2.22. The second-order valence-corrected chi connectivity index (χ2v) is 4.79. The average Bonchev–Trinajstić information content (AvgIpc) is 2.26. The molecule has 0 saturated carbocycles. The molecule has 1 aliphatic rings. The molecule has 16 heavy (non-hydrogen) atoms. The fourth-order valence-corrected chi connectivity index (χ4v) is 1.91. The van der Waals surface area contributed by atoms with Gasteiger partial charge in [-0.1, -0.05) is 36.4 Å². The predicted molar refractivity (Wildman–Crippen MR) is 65.1 cm³/mol. The highest BCUT2D eigenvalue weighted by molar-refractivity contribution is 5.92. The topological polar surface area (TPSA) is 20.3 Å². The minimum atomic E-state index is -0.0379. The van der Waals surface area contributed by atoms with E-state index in [4.69, 9.17) is 0 Å². The Labute approximate surface area is 96.6 Å². The molecule has 84 valence electrons. The lowest BCUT2D eigenvalue weighted by Crippen LogP contribution is -2.47. The van der Waals surface area contributed by atoms with E-state index >= 15 is 0 Å². The Bertz CT molecular complexity index is 406. The van der Waals surface area contributed by atoms with Crippen molar-refractivity contribution < 1.29 is 4.79 Å². The molecular formula is C14H17NO. The quantitative estimate of drug-likeness (QED) is 0.755. The highest BCUT2D eigenvalue weighted by atomic mass is 16.1. The summed E-state index contributed by atoms with van der Waals surface area (Å²) in [6.45, 7) is 5.61. The van der Waals surface area contributed by atoms with E-state index in [0.717, 1.165) is 6.54 Å². The zero-order chi connectivity index (χ0) is 11.6. The minimum absolute atomic E-state index is 0.0379. The van der Waals surface area contributed by atoms with Gasteiger partial charge >= 0.3 is 0 Å². The molecule has 0 aromatic heterocycles. The van der Waals surface area contributed by atoms with Gasteiger partial charge in [-0.3, -0.25) is 9.69 Å². The van der Waals surface area contributed by atoms with E-state index in [0.29, 0.717) is 6.54 Å². The molecule has 1 aromatic rings. The van der Waals surface area contributed by atoms with Crippen LogP contribution in [-0.2, 0) is 11.3 Å². The zero-order valence-corrected chi connectivity index (χ0v) is 9.81. The van der Waals surface area contributed by atoms with Crippen molar-refractivity contribution in [3.8, 4) is 0 Å². The third kappa shape index (κ3) is 2.39. The van der Waals surface area contributed by atoms with Crippen LogP contribution < -0.4 is 0 Å². The Morgan fingerprint density at radius 1 is 1.25 bits per heavy atom. The Morgan fingerprint density at radius 2 is 1.94 bits per heavy atom. The third-order valence-electron chi connectivity index (χ3n) is 3.06. The number of benzene rings is 1. The Morgan fingerprint density at radius 3 is 2.62 bits per heavy atom. The van der Waals surface area contributed by atoms with Crippen molar-refractivity contribution in [1.29, 1.82) is 0 Å². The van der Waals surface area contributed by atoms with Crippen molar-refractivity contribution in [2.75, 3.05) is 6.54 Å². The van der Waals surface area contributed by atoms with Gasteiger partial charge in [-0.05, 0) is 25.5 Å². The minimum Gasteiger partial charge on any atom is -0.293 e. The second-order valence-electron chi connectivity index (χ2n) is 4.79. The van der Waals surface area contributed by atoms with Gasteiger partial charge in [-0.2, -0.15) is 0 Å². The van der Waals surface area contributed by atoms with Crippen molar-refractivity contribution >= 4 is 5.78 Å². The highest BCUT2D eigenvalue weighted by Gasteiger charge is 2.28. The summed E-state index contributed by atoms with van der Waals surface area (Å²) in [6, 6.07) is 10.3. The van der Waals surface area contributed by atoms with Gasteiger partial charge in [-0.25, -0.2) is 0 Å². The van der Waals surface area contributed by atoms with E-state index in [1.807, 2.05) is 24.3 Å². The number of carbonyl (C=O) groups excluding carboxylic acids is 1. The predicted octanol–water partition coefficient (Wildman–Crippen LogP) is 2.41. The molecule has 1 aliphatic heterocycles. The lowest BCUT2D eigenvalue weighted by atomic mass is 9.96. The number of carbonyl (C=O) groups is 1. The molecule has 0 fully saturated rings. The molecule has 2 nitrogen and oxygen atoms in total. The number of ketones is 1. The van der Waals surface area contributed by atoms with Gasteiger partial charge in [0.15, 0.2) is 5.78 Å². The first-order chi connectivity index (χ1) is 7.58. The first-order valence-corrected chi connectivity index (χ1v) is 5.59. The number of hydrogen-bond donors (Lipinski definition) is 0. The molecule has 0 saturated heterocycles. The molecule has 1 aromatic carbocycles. The fourth-order valence-electron chi connectivity index (χ4n) is 1.91. The normalized spacial score (nSPS) is 20.0. The van der Waals surface area contributed by atoms with Gasteiger partial charge in [0.05, 0.1) is 6.54 Å². The lowest BCUT2D eigenvalue weighted by Gasteiger charge is -2.38. The van der Waals surface area contributed by atoms with Crippen LogP contribution in [0.25, 0.3) is 0 Å². The third-order valence-corrected chi connectivity index (χ3v) is 3.06.